The van der Waals surface area contributed by atoms with E-state index < -0.39 is 0 Å². The first-order valence-electron chi connectivity index (χ1n) is 20.4. The Morgan fingerprint density at radius 3 is 0.966 bits per heavy atom. The Kier molecular flexibility index (Phi) is 7.59. The van der Waals surface area contributed by atoms with Gasteiger partial charge in [-0.1, -0.05) is 149 Å². The lowest BCUT2D eigenvalue weighted by Gasteiger charge is -2.27. The summed E-state index contributed by atoms with van der Waals surface area (Å²) in [5, 5.41) is 5.16. The first-order valence-corrected chi connectivity index (χ1v) is 20.4. The van der Waals surface area contributed by atoms with Crippen molar-refractivity contribution in [1.82, 2.24) is 0 Å². The zero-order chi connectivity index (χ0) is 39.2. The fourth-order valence-corrected chi connectivity index (χ4v) is 10.4. The van der Waals surface area contributed by atoms with Crippen molar-refractivity contribution in [2.24, 2.45) is 0 Å². The molecule has 9 aromatic carbocycles. The van der Waals surface area contributed by atoms with Gasteiger partial charge >= 0.3 is 0 Å². The Hall–Kier alpha value is -6.90. The molecule has 2 aliphatic rings. The Morgan fingerprint density at radius 1 is 0.310 bits per heavy atom. The second kappa shape index (κ2) is 12.8. The molecule has 0 spiro atoms. The van der Waals surface area contributed by atoms with Gasteiger partial charge in [-0.05, 0) is 139 Å². The Labute approximate surface area is 341 Å². The molecule has 0 amide bonds. The zero-order valence-corrected chi connectivity index (χ0v) is 33.4. The Bertz CT molecular complexity index is 2750. The SMILES string of the molecule is CC1(C)c2ccc3c(c2-c2ccc4cc(N(c5ccccc5)c5ccccc5)ccc4c21)-c1ccc2cc(N(c4ccccc4)c4ccccc4)ccc2c1C3(C)C. The van der Waals surface area contributed by atoms with Crippen LogP contribution in [-0.4, -0.2) is 0 Å². The van der Waals surface area contributed by atoms with Gasteiger partial charge in [0.05, 0.1) is 0 Å². The predicted octanol–water partition coefficient (Wildman–Crippen LogP) is 15.5. The fraction of sp³-hybridized carbons (Fsp3) is 0.107. The number of nitrogens with zero attached hydrogens (tertiary/aromatic N) is 2. The van der Waals surface area contributed by atoms with E-state index in [0.29, 0.717) is 0 Å². The van der Waals surface area contributed by atoms with E-state index in [4.69, 9.17) is 0 Å². The maximum absolute atomic E-state index is 2.44. The topological polar surface area (TPSA) is 6.48 Å². The van der Waals surface area contributed by atoms with Crippen molar-refractivity contribution in [2.45, 2.75) is 38.5 Å². The highest BCUT2D eigenvalue weighted by molar-refractivity contribution is 6.08. The minimum atomic E-state index is -0.170. The summed E-state index contributed by atoms with van der Waals surface area (Å²) >= 11 is 0. The van der Waals surface area contributed by atoms with Crippen LogP contribution in [0.25, 0.3) is 43.8 Å². The van der Waals surface area contributed by atoms with Gasteiger partial charge in [-0.15, -0.1) is 0 Å². The van der Waals surface area contributed by atoms with Crippen LogP contribution in [0.4, 0.5) is 34.1 Å². The smallest absolute Gasteiger partial charge is 0.0468 e. The zero-order valence-electron chi connectivity index (χ0n) is 33.4. The third-order valence-corrected chi connectivity index (χ3v) is 12.9. The third-order valence-electron chi connectivity index (χ3n) is 12.9. The van der Waals surface area contributed by atoms with Crippen LogP contribution in [0.5, 0.6) is 0 Å². The normalized spacial score (nSPS) is 14.1. The van der Waals surface area contributed by atoms with Crippen molar-refractivity contribution in [1.29, 1.82) is 0 Å². The van der Waals surface area contributed by atoms with Crippen LogP contribution in [0.2, 0.25) is 0 Å². The van der Waals surface area contributed by atoms with Crippen molar-refractivity contribution in [3.8, 4) is 22.3 Å². The van der Waals surface area contributed by atoms with Crippen LogP contribution in [0.3, 0.4) is 0 Å². The second-order valence-electron chi connectivity index (χ2n) is 17.0. The van der Waals surface area contributed by atoms with Gasteiger partial charge in [0.25, 0.3) is 0 Å². The van der Waals surface area contributed by atoms with Gasteiger partial charge in [0.1, 0.15) is 0 Å². The highest BCUT2D eigenvalue weighted by Gasteiger charge is 2.44. The number of anilines is 6. The summed E-state index contributed by atoms with van der Waals surface area (Å²) in [5.74, 6) is 0. The second-order valence-corrected chi connectivity index (χ2v) is 17.0. The lowest BCUT2D eigenvalue weighted by atomic mass is 9.78. The van der Waals surface area contributed by atoms with Crippen LogP contribution >= 0.6 is 0 Å². The van der Waals surface area contributed by atoms with Crippen LogP contribution in [0, 0.1) is 0 Å². The molecule has 0 radical (unpaired) electrons. The molecular formula is C56H44N2. The highest BCUT2D eigenvalue weighted by Crippen LogP contribution is 2.61. The largest absolute Gasteiger partial charge is 0.310 e. The minimum Gasteiger partial charge on any atom is -0.310 e. The minimum absolute atomic E-state index is 0.170. The molecule has 0 aliphatic heterocycles. The maximum Gasteiger partial charge on any atom is 0.0468 e. The molecule has 9 aromatic rings. The number of para-hydroxylation sites is 4. The molecule has 0 saturated carbocycles. The number of benzene rings is 9. The first-order chi connectivity index (χ1) is 28.3. The van der Waals surface area contributed by atoms with Gasteiger partial charge in [-0.2, -0.15) is 0 Å². The molecule has 58 heavy (non-hydrogen) atoms. The Morgan fingerprint density at radius 2 is 0.638 bits per heavy atom. The predicted molar refractivity (Wildman–Crippen MR) is 246 cm³/mol. The molecule has 0 fully saturated rings. The summed E-state index contributed by atoms with van der Waals surface area (Å²) in [4.78, 5) is 4.71. The number of fused-ring (bicyclic) bond motifs is 11. The lowest BCUT2D eigenvalue weighted by Crippen LogP contribution is -2.17. The summed E-state index contributed by atoms with van der Waals surface area (Å²) in [7, 11) is 0. The van der Waals surface area contributed by atoms with Crippen molar-refractivity contribution in [3.63, 3.8) is 0 Å². The molecule has 0 unspecified atom stereocenters. The third kappa shape index (κ3) is 5.04. The number of hydrogen-bond donors (Lipinski definition) is 0. The van der Waals surface area contributed by atoms with E-state index in [1.807, 2.05) is 0 Å². The van der Waals surface area contributed by atoms with E-state index >= 15 is 0 Å². The average Bonchev–Trinajstić information content (AvgIpc) is 3.65. The van der Waals surface area contributed by atoms with E-state index in [-0.39, 0.29) is 10.8 Å². The molecule has 2 heteroatoms. The molecule has 0 aromatic heterocycles. The van der Waals surface area contributed by atoms with Crippen molar-refractivity contribution in [2.75, 3.05) is 9.80 Å². The highest BCUT2D eigenvalue weighted by atomic mass is 15.1. The van der Waals surface area contributed by atoms with Gasteiger partial charge in [-0.25, -0.2) is 0 Å². The van der Waals surface area contributed by atoms with Crippen LogP contribution in [-0.2, 0) is 10.8 Å². The molecule has 0 heterocycles. The number of hydrogen-bond acceptors (Lipinski definition) is 2. The van der Waals surface area contributed by atoms with Gasteiger partial charge in [-0.3, -0.25) is 0 Å². The summed E-state index contributed by atoms with van der Waals surface area (Å²) in [6, 6.07) is 71.2. The molecule has 11 rings (SSSR count). The molecule has 278 valence electrons. The lowest BCUT2D eigenvalue weighted by molar-refractivity contribution is 0.656. The summed E-state index contributed by atoms with van der Waals surface area (Å²) in [6.07, 6.45) is 0. The standard InChI is InChI=1S/C56H44N2/c1-55(2)49-33-34-50-52(51(49)47-29-25-37-35-43(27-31-45(37)53(47)55)57(39-17-9-5-10-18-39)40-19-11-6-12-20-40)48-30-26-38-36-44(28-32-46(38)54(48)56(50,3)4)58(41-21-13-7-14-22-41)42-23-15-8-16-24-42/h5-36H,1-4H3. The summed E-state index contributed by atoms with van der Waals surface area (Å²) in [6.45, 7) is 9.69. The molecule has 2 aliphatic carbocycles. The molecule has 0 bridgehead atoms. The molecule has 2 nitrogen and oxygen atoms in total. The maximum atomic E-state index is 2.44. The van der Waals surface area contributed by atoms with Crippen LogP contribution in [0.1, 0.15) is 49.9 Å². The van der Waals surface area contributed by atoms with Crippen LogP contribution < -0.4 is 9.80 Å². The monoisotopic (exact) mass is 744 g/mol. The molecule has 0 atom stereocenters. The number of rotatable bonds is 6. The van der Waals surface area contributed by atoms with E-state index in [2.05, 4.69) is 232 Å². The van der Waals surface area contributed by atoms with Crippen molar-refractivity contribution >= 4 is 55.7 Å². The first kappa shape index (κ1) is 34.4. The molecular weight excluding hydrogens is 701 g/mol. The summed E-state index contributed by atoms with van der Waals surface area (Å²) in [5.41, 5.74) is 17.7. The Balaban J connectivity index is 1.06. The molecule has 0 N–H and O–H groups in total. The van der Waals surface area contributed by atoms with Gasteiger partial charge in [0.15, 0.2) is 0 Å². The van der Waals surface area contributed by atoms with Crippen molar-refractivity contribution < 1.29 is 0 Å². The van der Waals surface area contributed by atoms with E-state index in [0.717, 1.165) is 34.1 Å². The van der Waals surface area contributed by atoms with Gasteiger partial charge in [0.2, 0.25) is 0 Å². The fourth-order valence-electron chi connectivity index (χ4n) is 10.4. The van der Waals surface area contributed by atoms with Crippen molar-refractivity contribution in [3.05, 3.63) is 216 Å². The van der Waals surface area contributed by atoms with E-state index in [9.17, 15) is 0 Å². The quantitative estimate of drug-likeness (QED) is 0.167. The average molecular weight is 745 g/mol. The molecule has 0 saturated heterocycles. The van der Waals surface area contributed by atoms with Gasteiger partial charge in [0, 0.05) is 45.0 Å². The van der Waals surface area contributed by atoms with Gasteiger partial charge < -0.3 is 9.80 Å². The van der Waals surface area contributed by atoms with E-state index in [1.165, 1.54) is 66.1 Å². The van der Waals surface area contributed by atoms with E-state index in [1.54, 1.807) is 0 Å². The van der Waals surface area contributed by atoms with Crippen LogP contribution in [0.15, 0.2) is 194 Å². The summed E-state index contributed by atoms with van der Waals surface area (Å²) < 4.78 is 0.